The number of esters is 1. The molecule has 0 aliphatic heterocycles. The van der Waals surface area contributed by atoms with Crippen molar-refractivity contribution in [2.24, 2.45) is 5.92 Å². The summed E-state index contributed by atoms with van der Waals surface area (Å²) in [4.78, 5) is 11.7. The highest BCUT2D eigenvalue weighted by atomic mass is 35.7. The van der Waals surface area contributed by atoms with Gasteiger partial charge in [0.05, 0.1) is 6.61 Å². The minimum absolute atomic E-state index is 0.0793. The van der Waals surface area contributed by atoms with E-state index in [9.17, 15) is 13.2 Å². The Morgan fingerprint density at radius 3 is 2.72 bits per heavy atom. The number of halogens is 1. The van der Waals surface area contributed by atoms with E-state index in [0.717, 1.165) is 12.8 Å². The van der Waals surface area contributed by atoms with Crippen LogP contribution in [-0.4, -0.2) is 25.6 Å². The summed E-state index contributed by atoms with van der Waals surface area (Å²) in [6.45, 7) is 2.68. The molecule has 0 amide bonds. The highest BCUT2D eigenvalue weighted by molar-refractivity contribution is 8.13. The second-order valence-corrected chi connectivity index (χ2v) is 6.89. The van der Waals surface area contributed by atoms with Gasteiger partial charge in [-0.15, -0.1) is 0 Å². The fraction of sp³-hybridized carbons (Fsp3) is 0.545. The molecule has 18 heavy (non-hydrogen) atoms. The average Bonchev–Trinajstić information content (AvgIpc) is 3.00. The molecule has 0 bridgehead atoms. The molecule has 100 valence electrons. The molecule has 0 aromatic carbocycles. The maximum Gasteiger partial charge on any atom is 0.354 e. The van der Waals surface area contributed by atoms with Crippen molar-refractivity contribution in [2.75, 3.05) is 6.61 Å². The molecular weight excluding hydrogens is 278 g/mol. The van der Waals surface area contributed by atoms with E-state index in [1.165, 1.54) is 16.8 Å². The van der Waals surface area contributed by atoms with Crippen molar-refractivity contribution in [3.05, 3.63) is 18.0 Å². The van der Waals surface area contributed by atoms with Gasteiger partial charge in [0.25, 0.3) is 9.05 Å². The topological polar surface area (TPSA) is 65.4 Å². The molecule has 5 nitrogen and oxygen atoms in total. The molecule has 0 N–H and O–H groups in total. The van der Waals surface area contributed by atoms with Crippen LogP contribution in [0.2, 0.25) is 0 Å². The Morgan fingerprint density at radius 1 is 1.56 bits per heavy atom. The Bertz CT molecular complexity index is 560. The number of ether oxygens (including phenoxy) is 1. The van der Waals surface area contributed by atoms with Gasteiger partial charge in [-0.3, -0.25) is 0 Å². The monoisotopic (exact) mass is 291 g/mol. The fourth-order valence-electron chi connectivity index (χ4n) is 1.60. The molecule has 0 radical (unpaired) electrons. The fourth-order valence-corrected chi connectivity index (χ4v) is 2.36. The zero-order valence-electron chi connectivity index (χ0n) is 9.93. The van der Waals surface area contributed by atoms with Crippen LogP contribution < -0.4 is 0 Å². The van der Waals surface area contributed by atoms with Crippen molar-refractivity contribution in [3.8, 4) is 0 Å². The lowest BCUT2D eigenvalue weighted by atomic mass is 10.4. The van der Waals surface area contributed by atoms with Crippen LogP contribution in [0.1, 0.15) is 30.3 Å². The largest absolute Gasteiger partial charge is 0.461 e. The van der Waals surface area contributed by atoms with E-state index in [2.05, 4.69) is 0 Å². The van der Waals surface area contributed by atoms with Crippen molar-refractivity contribution in [1.82, 2.24) is 4.57 Å². The van der Waals surface area contributed by atoms with Crippen molar-refractivity contribution in [1.29, 1.82) is 0 Å². The van der Waals surface area contributed by atoms with E-state index < -0.39 is 15.0 Å². The van der Waals surface area contributed by atoms with Crippen LogP contribution in [0, 0.1) is 5.92 Å². The zero-order valence-corrected chi connectivity index (χ0v) is 11.5. The van der Waals surface area contributed by atoms with Crippen LogP contribution in [0.3, 0.4) is 0 Å². The molecule has 1 fully saturated rings. The molecular formula is C11H14ClNO4S. The highest BCUT2D eigenvalue weighted by Gasteiger charge is 2.25. The number of nitrogens with zero attached hydrogens (tertiary/aromatic N) is 1. The molecule has 1 heterocycles. The van der Waals surface area contributed by atoms with Crippen molar-refractivity contribution >= 4 is 25.7 Å². The number of hydrogen-bond donors (Lipinski definition) is 0. The van der Waals surface area contributed by atoms with Crippen LogP contribution in [0.25, 0.3) is 0 Å². The van der Waals surface area contributed by atoms with Crippen LogP contribution in [0.4, 0.5) is 0 Å². The first kappa shape index (κ1) is 13.4. The van der Waals surface area contributed by atoms with Gasteiger partial charge in [0, 0.05) is 23.4 Å². The van der Waals surface area contributed by atoms with Gasteiger partial charge >= 0.3 is 5.97 Å². The second-order valence-electron chi connectivity index (χ2n) is 4.33. The van der Waals surface area contributed by atoms with Gasteiger partial charge in [0.1, 0.15) is 10.6 Å². The van der Waals surface area contributed by atoms with E-state index in [-0.39, 0.29) is 10.6 Å². The molecule has 1 saturated carbocycles. The van der Waals surface area contributed by atoms with Gasteiger partial charge in [-0.2, -0.15) is 0 Å². The van der Waals surface area contributed by atoms with Crippen molar-refractivity contribution in [3.63, 3.8) is 0 Å². The van der Waals surface area contributed by atoms with Gasteiger partial charge < -0.3 is 9.30 Å². The molecule has 1 aromatic heterocycles. The Balaban J connectivity index is 2.19. The molecule has 0 unspecified atom stereocenters. The molecule has 0 spiro atoms. The zero-order chi connectivity index (χ0) is 13.3. The maximum atomic E-state index is 11.8. The minimum Gasteiger partial charge on any atom is -0.461 e. The first-order valence-corrected chi connectivity index (χ1v) is 8.04. The van der Waals surface area contributed by atoms with Gasteiger partial charge in [0.15, 0.2) is 0 Å². The van der Waals surface area contributed by atoms with Crippen molar-refractivity contribution < 1.29 is 17.9 Å². The third kappa shape index (κ3) is 3.05. The third-order valence-corrected chi connectivity index (χ3v) is 4.17. The molecule has 2 rings (SSSR count). The van der Waals surface area contributed by atoms with Gasteiger partial charge in [-0.05, 0) is 31.7 Å². The molecule has 1 aliphatic rings. The second kappa shape index (κ2) is 4.93. The van der Waals surface area contributed by atoms with Crippen LogP contribution in [0.5, 0.6) is 0 Å². The maximum absolute atomic E-state index is 11.8. The van der Waals surface area contributed by atoms with E-state index >= 15 is 0 Å². The van der Waals surface area contributed by atoms with Gasteiger partial charge in [-0.25, -0.2) is 13.2 Å². The van der Waals surface area contributed by atoms with Crippen LogP contribution in [-0.2, 0) is 20.3 Å². The van der Waals surface area contributed by atoms with Crippen LogP contribution >= 0.6 is 10.7 Å². The van der Waals surface area contributed by atoms with E-state index in [0.29, 0.717) is 19.1 Å². The lowest BCUT2D eigenvalue weighted by Gasteiger charge is -2.06. The van der Waals surface area contributed by atoms with E-state index in [4.69, 9.17) is 15.4 Å². The summed E-state index contributed by atoms with van der Waals surface area (Å²) in [6.07, 6.45) is 3.52. The minimum atomic E-state index is -3.82. The summed E-state index contributed by atoms with van der Waals surface area (Å²) >= 11 is 0. The predicted octanol–water partition coefficient (Wildman–Crippen LogP) is 2.00. The number of aryl methyl sites for hydroxylation is 1. The normalized spacial score (nSPS) is 15.7. The Morgan fingerprint density at radius 2 is 2.22 bits per heavy atom. The first-order valence-electron chi connectivity index (χ1n) is 5.73. The number of aromatic nitrogens is 1. The summed E-state index contributed by atoms with van der Waals surface area (Å²) in [7, 11) is 1.43. The standard InChI is InChI=1S/C11H14ClNO4S/c1-2-13-6-9(18(12,15)16)5-10(13)11(14)17-7-8-3-4-8/h5-6,8H,2-4,7H2,1H3. The summed E-state index contributed by atoms with van der Waals surface area (Å²) in [5, 5.41) is 0. The van der Waals surface area contributed by atoms with E-state index in [1.54, 1.807) is 0 Å². The molecule has 1 aliphatic carbocycles. The number of carbonyl (C=O) groups excluding carboxylic acids is 1. The summed E-state index contributed by atoms with van der Waals surface area (Å²) < 4.78 is 29.1. The Labute approximate surface area is 110 Å². The Kier molecular flexibility index (Phi) is 3.68. The van der Waals surface area contributed by atoms with Gasteiger partial charge in [0.2, 0.25) is 0 Å². The number of rotatable bonds is 5. The van der Waals surface area contributed by atoms with Crippen molar-refractivity contribution in [2.45, 2.75) is 31.2 Å². The molecule has 1 aromatic rings. The van der Waals surface area contributed by atoms with Crippen LogP contribution in [0.15, 0.2) is 17.2 Å². The molecule has 0 saturated heterocycles. The quantitative estimate of drug-likeness (QED) is 0.615. The number of hydrogen-bond acceptors (Lipinski definition) is 4. The SMILES string of the molecule is CCn1cc(S(=O)(=O)Cl)cc1C(=O)OCC1CC1. The average molecular weight is 292 g/mol. The summed E-state index contributed by atoms with van der Waals surface area (Å²) in [5.41, 5.74) is 0.220. The predicted molar refractivity (Wildman–Crippen MR) is 66.2 cm³/mol. The number of carbonyl (C=O) groups is 1. The van der Waals surface area contributed by atoms with Gasteiger partial charge in [-0.1, -0.05) is 0 Å². The third-order valence-electron chi connectivity index (χ3n) is 2.85. The smallest absolute Gasteiger partial charge is 0.354 e. The summed E-state index contributed by atoms with van der Waals surface area (Å²) in [6, 6.07) is 1.25. The first-order chi connectivity index (χ1) is 8.41. The lowest BCUT2D eigenvalue weighted by molar-refractivity contribution is 0.0473. The highest BCUT2D eigenvalue weighted by Crippen LogP contribution is 2.29. The van der Waals surface area contributed by atoms with E-state index in [1.807, 2.05) is 6.92 Å². The molecule has 0 atom stereocenters. The summed E-state index contributed by atoms with van der Waals surface area (Å²) in [5.74, 6) is -0.0365. The Hall–Kier alpha value is -1.01. The lowest BCUT2D eigenvalue weighted by Crippen LogP contribution is -2.12. The molecule has 7 heteroatoms.